The van der Waals surface area contributed by atoms with Gasteiger partial charge in [0.25, 0.3) is 0 Å². The minimum absolute atomic E-state index is 0. The fraction of sp³-hybridized carbons (Fsp3) is 0.0870. The minimum atomic E-state index is -0.280. The Hall–Kier alpha value is -1.93. The molecule has 0 fully saturated rings. The molecule has 0 unspecified atom stereocenters. The molecule has 31 heavy (non-hydrogen) atoms. The van der Waals surface area contributed by atoms with Crippen LogP contribution in [0.5, 0.6) is 5.75 Å². The van der Waals surface area contributed by atoms with Crippen molar-refractivity contribution in [2.24, 2.45) is 4.99 Å². The van der Waals surface area contributed by atoms with E-state index in [9.17, 15) is 4.39 Å². The maximum Gasteiger partial charge on any atom is 0.190 e. The van der Waals surface area contributed by atoms with E-state index in [4.69, 9.17) is 21.3 Å². The highest BCUT2D eigenvalue weighted by molar-refractivity contribution is 9.10. The van der Waals surface area contributed by atoms with Crippen LogP contribution in [0, 0.1) is 5.82 Å². The van der Waals surface area contributed by atoms with Gasteiger partial charge in [0.1, 0.15) is 11.6 Å². The molecule has 0 atom stereocenters. The Morgan fingerprint density at radius 2 is 1.77 bits per heavy atom. The molecule has 0 spiro atoms. The smallest absolute Gasteiger partial charge is 0.190 e. The van der Waals surface area contributed by atoms with Gasteiger partial charge in [0.2, 0.25) is 0 Å². The van der Waals surface area contributed by atoms with Gasteiger partial charge in [0, 0.05) is 16.0 Å². The third-order valence-corrected chi connectivity index (χ3v) is 6.29. The van der Waals surface area contributed by atoms with Crippen LogP contribution in [0.15, 0.2) is 81.6 Å². The summed E-state index contributed by atoms with van der Waals surface area (Å²) in [6, 6.07) is 19.9. The van der Waals surface area contributed by atoms with Gasteiger partial charge in [-0.25, -0.2) is 9.38 Å². The van der Waals surface area contributed by atoms with Crippen molar-refractivity contribution in [3.05, 3.63) is 97.8 Å². The number of nitrogens with zero attached hydrogens (tertiary/aromatic N) is 2. The van der Waals surface area contributed by atoms with E-state index < -0.39 is 0 Å². The van der Waals surface area contributed by atoms with E-state index in [1.807, 2.05) is 42.5 Å². The van der Waals surface area contributed by atoms with Gasteiger partial charge in [-0.05, 0) is 76.1 Å². The third-order valence-electron chi connectivity index (χ3n) is 4.55. The number of benzene rings is 3. The Morgan fingerprint density at radius 3 is 2.42 bits per heavy atom. The van der Waals surface area contributed by atoms with Crippen molar-refractivity contribution in [3.8, 4) is 17.0 Å². The van der Waals surface area contributed by atoms with E-state index in [1.165, 1.54) is 23.5 Å². The lowest BCUT2D eigenvalue weighted by atomic mass is 10.1. The van der Waals surface area contributed by atoms with Crippen molar-refractivity contribution in [2.45, 2.75) is 6.54 Å². The van der Waals surface area contributed by atoms with Crippen LogP contribution >= 0.6 is 55.8 Å². The van der Waals surface area contributed by atoms with Crippen LogP contribution in [-0.4, -0.2) is 11.7 Å². The molecule has 0 aliphatic rings. The largest absolute Gasteiger partial charge is 0.496 e. The van der Waals surface area contributed by atoms with Crippen LogP contribution < -0.4 is 9.54 Å². The maximum atomic E-state index is 13.3. The highest BCUT2D eigenvalue weighted by Crippen LogP contribution is 2.31. The summed E-state index contributed by atoms with van der Waals surface area (Å²) >= 11 is 11.2. The van der Waals surface area contributed by atoms with Crippen molar-refractivity contribution in [1.82, 2.24) is 4.57 Å². The van der Waals surface area contributed by atoms with Crippen LogP contribution in [0.1, 0.15) is 5.56 Å². The van der Waals surface area contributed by atoms with Crippen LogP contribution in [0.25, 0.3) is 11.3 Å². The lowest BCUT2D eigenvalue weighted by Crippen LogP contribution is -2.16. The molecular weight excluding hydrogens is 567 g/mol. The second-order valence-electron chi connectivity index (χ2n) is 6.55. The van der Waals surface area contributed by atoms with E-state index in [1.54, 1.807) is 19.2 Å². The van der Waals surface area contributed by atoms with Crippen molar-refractivity contribution in [3.63, 3.8) is 0 Å². The highest BCUT2D eigenvalue weighted by atomic mass is 79.9. The number of methoxy groups -OCH3 is 1. The number of aromatic nitrogens is 1. The maximum absolute atomic E-state index is 13.3. The van der Waals surface area contributed by atoms with Crippen molar-refractivity contribution in [1.29, 1.82) is 0 Å². The molecule has 3 nitrogen and oxygen atoms in total. The van der Waals surface area contributed by atoms with Crippen molar-refractivity contribution >= 4 is 61.5 Å². The Morgan fingerprint density at radius 1 is 1.06 bits per heavy atom. The Bertz CT molecular complexity index is 1240. The molecule has 3 aromatic carbocycles. The SMILES string of the molecule is Br.COc1ccc(-c2csc(=Nc3ccc(F)cc3)n2Cc2ccc(Cl)cc2)cc1Br. The molecule has 160 valence electrons. The Balaban J connectivity index is 0.00000272. The molecule has 4 rings (SSSR count). The quantitative estimate of drug-likeness (QED) is 0.237. The normalized spacial score (nSPS) is 11.3. The fourth-order valence-corrected chi connectivity index (χ4v) is 4.62. The highest BCUT2D eigenvalue weighted by Gasteiger charge is 2.11. The second kappa shape index (κ2) is 10.6. The summed E-state index contributed by atoms with van der Waals surface area (Å²) in [5.74, 6) is 0.493. The van der Waals surface area contributed by atoms with E-state index in [0.29, 0.717) is 17.3 Å². The molecule has 0 bridgehead atoms. The predicted octanol–water partition coefficient (Wildman–Crippen LogP) is 7.64. The van der Waals surface area contributed by atoms with Gasteiger partial charge < -0.3 is 9.30 Å². The molecule has 0 aliphatic heterocycles. The summed E-state index contributed by atoms with van der Waals surface area (Å²) in [5.41, 5.74) is 3.87. The number of ether oxygens (including phenoxy) is 1. The molecule has 8 heteroatoms. The first-order chi connectivity index (χ1) is 14.5. The first-order valence-electron chi connectivity index (χ1n) is 9.10. The summed E-state index contributed by atoms with van der Waals surface area (Å²) < 4.78 is 21.7. The summed E-state index contributed by atoms with van der Waals surface area (Å²) in [6.07, 6.45) is 0. The van der Waals surface area contributed by atoms with E-state index >= 15 is 0 Å². The zero-order chi connectivity index (χ0) is 21.1. The van der Waals surface area contributed by atoms with Gasteiger partial charge in [-0.3, -0.25) is 0 Å². The van der Waals surface area contributed by atoms with E-state index in [-0.39, 0.29) is 22.8 Å². The minimum Gasteiger partial charge on any atom is -0.496 e. The first kappa shape index (κ1) is 23.7. The van der Waals surface area contributed by atoms with Gasteiger partial charge in [-0.2, -0.15) is 0 Å². The molecule has 0 saturated heterocycles. The fourth-order valence-electron chi connectivity index (χ4n) is 3.03. The molecule has 0 radical (unpaired) electrons. The lowest BCUT2D eigenvalue weighted by molar-refractivity contribution is 0.412. The first-order valence-corrected chi connectivity index (χ1v) is 11.2. The average Bonchev–Trinajstić information content (AvgIpc) is 3.13. The summed E-state index contributed by atoms with van der Waals surface area (Å²) in [6.45, 7) is 0.625. The van der Waals surface area contributed by atoms with Gasteiger partial charge in [0.15, 0.2) is 4.80 Å². The van der Waals surface area contributed by atoms with Gasteiger partial charge in [-0.15, -0.1) is 28.3 Å². The van der Waals surface area contributed by atoms with Gasteiger partial charge in [0.05, 0.1) is 29.5 Å². The van der Waals surface area contributed by atoms with Crippen LogP contribution in [0.2, 0.25) is 5.02 Å². The number of thiazole rings is 1. The zero-order valence-corrected chi connectivity index (χ0v) is 21.3. The predicted molar refractivity (Wildman–Crippen MR) is 134 cm³/mol. The second-order valence-corrected chi connectivity index (χ2v) is 8.68. The molecule has 0 saturated carbocycles. The number of hydrogen-bond donors (Lipinski definition) is 0. The number of halogens is 4. The lowest BCUT2D eigenvalue weighted by Gasteiger charge is -2.11. The molecule has 0 aliphatic carbocycles. The number of rotatable bonds is 5. The summed E-state index contributed by atoms with van der Waals surface area (Å²) in [4.78, 5) is 5.57. The third kappa shape index (κ3) is 5.66. The van der Waals surface area contributed by atoms with Gasteiger partial charge >= 0.3 is 0 Å². The van der Waals surface area contributed by atoms with Gasteiger partial charge in [-0.1, -0.05) is 23.7 Å². The van der Waals surface area contributed by atoms with E-state index in [0.717, 1.165) is 31.8 Å². The molecule has 4 aromatic rings. The summed E-state index contributed by atoms with van der Waals surface area (Å²) in [5, 5.41) is 2.77. The Kier molecular flexibility index (Phi) is 8.11. The molecule has 1 aromatic heterocycles. The average molecular weight is 585 g/mol. The monoisotopic (exact) mass is 582 g/mol. The van der Waals surface area contributed by atoms with Crippen molar-refractivity contribution in [2.75, 3.05) is 7.11 Å². The molecule has 1 heterocycles. The molecular formula is C23H18Br2ClFN2OS. The number of hydrogen-bond acceptors (Lipinski definition) is 3. The Labute approximate surface area is 207 Å². The van der Waals surface area contributed by atoms with Crippen LogP contribution in [0.4, 0.5) is 10.1 Å². The molecule has 0 amide bonds. The van der Waals surface area contributed by atoms with E-state index in [2.05, 4.69) is 25.9 Å². The zero-order valence-electron chi connectivity index (χ0n) is 16.4. The standard InChI is InChI=1S/C23H17BrClFN2OS.BrH/c1-29-22-11-4-16(12-20(22)24)21-14-30-23(27-19-9-7-18(26)8-10-19)28(21)13-15-2-5-17(25)6-3-15;/h2-12,14H,13H2,1H3;1H. The molecule has 0 N–H and O–H groups in total. The van der Waals surface area contributed by atoms with Crippen molar-refractivity contribution < 1.29 is 9.13 Å². The topological polar surface area (TPSA) is 26.5 Å². The summed E-state index contributed by atoms with van der Waals surface area (Å²) in [7, 11) is 1.64. The van der Waals surface area contributed by atoms with Crippen LogP contribution in [0.3, 0.4) is 0 Å². The van der Waals surface area contributed by atoms with Crippen LogP contribution in [-0.2, 0) is 6.54 Å².